The Balaban J connectivity index is 1.68. The standard InChI is InChI=1S/C15H21N2/c1-13-5-7-14(8-6-13)10-16-11-15-4-2-3-9-17(15)12-16/h5-8,12,15H,2-4,9-11H2,1H3/q+1. The number of fused-ring (bicyclic) bond motifs is 1. The number of aryl methyl sites for hydroxylation is 1. The van der Waals surface area contributed by atoms with E-state index in [1.165, 1.54) is 43.5 Å². The van der Waals surface area contributed by atoms with Gasteiger partial charge in [-0.2, -0.15) is 0 Å². The van der Waals surface area contributed by atoms with Gasteiger partial charge >= 0.3 is 0 Å². The average Bonchev–Trinajstić information content (AvgIpc) is 2.74. The van der Waals surface area contributed by atoms with Crippen LogP contribution in [0.2, 0.25) is 0 Å². The van der Waals surface area contributed by atoms with Crippen molar-refractivity contribution in [3.05, 3.63) is 35.4 Å². The lowest BCUT2D eigenvalue weighted by molar-refractivity contribution is -0.533. The van der Waals surface area contributed by atoms with Crippen LogP contribution in [0.1, 0.15) is 30.4 Å². The third-order valence-corrected chi connectivity index (χ3v) is 3.94. The summed E-state index contributed by atoms with van der Waals surface area (Å²) in [6.45, 7) is 5.68. The molecule has 0 saturated carbocycles. The Morgan fingerprint density at radius 3 is 2.82 bits per heavy atom. The van der Waals surface area contributed by atoms with E-state index in [0.29, 0.717) is 0 Å². The van der Waals surface area contributed by atoms with E-state index in [1.807, 2.05) is 0 Å². The molecular formula is C15H21N2+. The van der Waals surface area contributed by atoms with Crippen LogP contribution in [0, 0.1) is 6.92 Å². The number of piperidine rings is 1. The molecule has 0 N–H and O–H groups in total. The van der Waals surface area contributed by atoms with Crippen molar-refractivity contribution in [1.82, 2.24) is 4.90 Å². The summed E-state index contributed by atoms with van der Waals surface area (Å²) in [6.07, 6.45) is 6.50. The van der Waals surface area contributed by atoms with Crippen LogP contribution in [-0.4, -0.2) is 34.9 Å². The Hall–Kier alpha value is -1.31. The van der Waals surface area contributed by atoms with Gasteiger partial charge < -0.3 is 0 Å². The molecule has 1 atom stereocenters. The molecule has 2 heterocycles. The Morgan fingerprint density at radius 1 is 1.24 bits per heavy atom. The summed E-state index contributed by atoms with van der Waals surface area (Å²) in [7, 11) is 0. The molecule has 1 unspecified atom stereocenters. The summed E-state index contributed by atoms with van der Waals surface area (Å²) < 4.78 is 2.47. The van der Waals surface area contributed by atoms with Gasteiger partial charge in [0.15, 0.2) is 0 Å². The van der Waals surface area contributed by atoms with Crippen LogP contribution >= 0.6 is 0 Å². The fraction of sp³-hybridized carbons (Fsp3) is 0.533. The van der Waals surface area contributed by atoms with Crippen molar-refractivity contribution in [2.75, 3.05) is 13.1 Å². The van der Waals surface area contributed by atoms with Crippen molar-refractivity contribution in [2.24, 2.45) is 0 Å². The summed E-state index contributed by atoms with van der Waals surface area (Å²) in [5.74, 6) is 0. The predicted molar refractivity (Wildman–Crippen MR) is 70.4 cm³/mol. The molecule has 1 saturated heterocycles. The summed E-state index contributed by atoms with van der Waals surface area (Å²) in [5.41, 5.74) is 2.77. The van der Waals surface area contributed by atoms with Crippen LogP contribution in [0.3, 0.4) is 0 Å². The fourth-order valence-corrected chi connectivity index (χ4v) is 2.93. The minimum atomic E-state index is 0.786. The molecule has 0 spiro atoms. The minimum absolute atomic E-state index is 0.786. The summed E-state index contributed by atoms with van der Waals surface area (Å²) in [5, 5.41) is 0. The van der Waals surface area contributed by atoms with Crippen LogP contribution in [0.5, 0.6) is 0 Å². The molecule has 2 heteroatoms. The van der Waals surface area contributed by atoms with Crippen molar-refractivity contribution in [1.29, 1.82) is 0 Å². The van der Waals surface area contributed by atoms with Gasteiger partial charge in [-0.25, -0.2) is 0 Å². The fourth-order valence-electron chi connectivity index (χ4n) is 2.93. The number of rotatable bonds is 2. The first-order valence-corrected chi connectivity index (χ1v) is 6.71. The first-order valence-electron chi connectivity index (χ1n) is 6.71. The highest BCUT2D eigenvalue weighted by atomic mass is 15.3. The Kier molecular flexibility index (Phi) is 2.87. The maximum absolute atomic E-state index is 2.54. The number of nitrogens with zero attached hydrogens (tertiary/aromatic N) is 2. The van der Waals surface area contributed by atoms with E-state index in [9.17, 15) is 0 Å². The van der Waals surface area contributed by atoms with Crippen LogP contribution in [0.15, 0.2) is 24.3 Å². The van der Waals surface area contributed by atoms with Crippen LogP contribution < -0.4 is 0 Å². The zero-order chi connectivity index (χ0) is 11.7. The van der Waals surface area contributed by atoms with Gasteiger partial charge in [0.25, 0.3) is 0 Å². The average molecular weight is 229 g/mol. The molecular weight excluding hydrogens is 208 g/mol. The van der Waals surface area contributed by atoms with Gasteiger partial charge in [-0.05, 0) is 31.7 Å². The molecule has 0 radical (unpaired) electrons. The summed E-state index contributed by atoms with van der Waals surface area (Å²) >= 11 is 0. The Labute approximate surface area is 104 Å². The molecule has 1 aromatic rings. The van der Waals surface area contributed by atoms with Gasteiger partial charge in [-0.15, -0.1) is 0 Å². The first kappa shape index (κ1) is 10.8. The van der Waals surface area contributed by atoms with Gasteiger partial charge in [0.1, 0.15) is 19.1 Å². The van der Waals surface area contributed by atoms with E-state index in [4.69, 9.17) is 0 Å². The van der Waals surface area contributed by atoms with E-state index >= 15 is 0 Å². The summed E-state index contributed by atoms with van der Waals surface area (Å²) in [6, 6.07) is 9.70. The van der Waals surface area contributed by atoms with E-state index in [2.05, 4.69) is 47.0 Å². The van der Waals surface area contributed by atoms with Crippen molar-refractivity contribution in [3.63, 3.8) is 0 Å². The second kappa shape index (κ2) is 4.52. The van der Waals surface area contributed by atoms with Crippen LogP contribution in [0.4, 0.5) is 0 Å². The third kappa shape index (κ3) is 2.36. The molecule has 1 fully saturated rings. The molecule has 3 rings (SSSR count). The molecule has 0 aromatic heterocycles. The van der Waals surface area contributed by atoms with E-state index < -0.39 is 0 Å². The largest absolute Gasteiger partial charge is 0.262 e. The second-order valence-corrected chi connectivity index (χ2v) is 5.42. The third-order valence-electron chi connectivity index (χ3n) is 3.94. The monoisotopic (exact) mass is 229 g/mol. The highest BCUT2D eigenvalue weighted by molar-refractivity contribution is 5.51. The molecule has 0 aliphatic carbocycles. The predicted octanol–water partition coefficient (Wildman–Crippen LogP) is 2.40. The van der Waals surface area contributed by atoms with Gasteiger partial charge in [-0.1, -0.05) is 29.8 Å². The molecule has 2 nitrogen and oxygen atoms in total. The van der Waals surface area contributed by atoms with Gasteiger partial charge in [0, 0.05) is 0 Å². The number of hydrogen-bond donors (Lipinski definition) is 0. The SMILES string of the molecule is Cc1ccc(C[N+]2=CN3CCCCC3C2)cc1. The molecule has 0 bridgehead atoms. The lowest BCUT2D eigenvalue weighted by Gasteiger charge is -2.21. The molecule has 2 aliphatic rings. The topological polar surface area (TPSA) is 6.25 Å². The lowest BCUT2D eigenvalue weighted by atomic mass is 10.0. The van der Waals surface area contributed by atoms with E-state index in [-0.39, 0.29) is 0 Å². The zero-order valence-corrected chi connectivity index (χ0v) is 10.6. The zero-order valence-electron chi connectivity index (χ0n) is 10.6. The van der Waals surface area contributed by atoms with Crippen LogP contribution in [-0.2, 0) is 6.54 Å². The van der Waals surface area contributed by atoms with E-state index in [1.54, 1.807) is 0 Å². The quantitative estimate of drug-likeness (QED) is 0.706. The Morgan fingerprint density at radius 2 is 2.06 bits per heavy atom. The second-order valence-electron chi connectivity index (χ2n) is 5.42. The maximum Gasteiger partial charge on any atom is 0.234 e. The highest BCUT2D eigenvalue weighted by Crippen LogP contribution is 2.19. The first-order chi connectivity index (χ1) is 8.31. The van der Waals surface area contributed by atoms with Gasteiger partial charge in [-0.3, -0.25) is 9.48 Å². The minimum Gasteiger partial charge on any atom is -0.262 e. The molecule has 0 amide bonds. The molecule has 1 aromatic carbocycles. The number of hydrogen-bond acceptors (Lipinski definition) is 1. The smallest absolute Gasteiger partial charge is 0.234 e. The molecule has 17 heavy (non-hydrogen) atoms. The summed E-state index contributed by atoms with van der Waals surface area (Å²) in [4.78, 5) is 2.54. The molecule has 90 valence electrons. The maximum atomic E-state index is 2.54. The molecule has 2 aliphatic heterocycles. The lowest BCUT2D eigenvalue weighted by Crippen LogP contribution is -2.35. The van der Waals surface area contributed by atoms with Crippen molar-refractivity contribution >= 4 is 6.34 Å². The van der Waals surface area contributed by atoms with Crippen molar-refractivity contribution in [2.45, 2.75) is 38.8 Å². The van der Waals surface area contributed by atoms with Gasteiger partial charge in [0.2, 0.25) is 6.34 Å². The van der Waals surface area contributed by atoms with Crippen molar-refractivity contribution in [3.8, 4) is 0 Å². The van der Waals surface area contributed by atoms with Crippen molar-refractivity contribution < 1.29 is 4.58 Å². The normalized spacial score (nSPS) is 23.5. The van der Waals surface area contributed by atoms with Crippen LogP contribution in [0.25, 0.3) is 0 Å². The Bertz CT molecular complexity index is 419. The highest BCUT2D eigenvalue weighted by Gasteiger charge is 2.33. The van der Waals surface area contributed by atoms with Gasteiger partial charge in [0.05, 0.1) is 6.54 Å². The number of benzene rings is 1. The van der Waals surface area contributed by atoms with E-state index in [0.717, 1.165) is 12.6 Å².